The van der Waals surface area contributed by atoms with Crippen LogP contribution in [0.15, 0.2) is 10.6 Å². The first-order chi connectivity index (χ1) is 7.74. The summed E-state index contributed by atoms with van der Waals surface area (Å²) in [7, 11) is 0. The summed E-state index contributed by atoms with van der Waals surface area (Å²) in [5.41, 5.74) is 1.71. The van der Waals surface area contributed by atoms with E-state index in [1.165, 1.54) is 12.8 Å². The highest BCUT2D eigenvalue weighted by Crippen LogP contribution is 2.41. The van der Waals surface area contributed by atoms with E-state index in [1.54, 1.807) is 0 Å². The molecule has 0 saturated heterocycles. The maximum atomic E-state index is 5.22. The molecule has 1 atom stereocenters. The average Bonchev–Trinajstić information content (AvgIpc) is 2.84. The lowest BCUT2D eigenvalue weighted by Crippen LogP contribution is -1.97. The summed E-state index contributed by atoms with van der Waals surface area (Å²) in [6.07, 6.45) is 2.57. The van der Waals surface area contributed by atoms with E-state index in [0.717, 1.165) is 23.1 Å². The van der Waals surface area contributed by atoms with Crippen LogP contribution in [0.2, 0.25) is 0 Å². The molecule has 1 saturated carbocycles. The van der Waals surface area contributed by atoms with Crippen molar-refractivity contribution in [1.82, 2.24) is 20.3 Å². The second-order valence-electron chi connectivity index (χ2n) is 4.52. The molecule has 16 heavy (non-hydrogen) atoms. The van der Waals surface area contributed by atoms with E-state index < -0.39 is 0 Å². The van der Waals surface area contributed by atoms with Crippen molar-refractivity contribution >= 4 is 0 Å². The molecule has 1 N–H and O–H groups in total. The van der Waals surface area contributed by atoms with Gasteiger partial charge in [0, 0.05) is 11.6 Å². The van der Waals surface area contributed by atoms with Gasteiger partial charge < -0.3 is 4.52 Å². The lowest BCUT2D eigenvalue weighted by atomic mass is 10.1. The van der Waals surface area contributed by atoms with Gasteiger partial charge in [-0.05, 0) is 31.7 Å². The Hall–Kier alpha value is -1.65. The molecule has 0 bridgehead atoms. The fraction of sp³-hybridized carbons (Fsp3) is 0.545. The standard InChI is InChI=1S/C11H14N4O/c1-6-5-9(14-13-6)11-12-10(15-16-11)7(2)8-3-4-8/h5,7-8H,3-4H2,1-2H3,(H,13,14). The van der Waals surface area contributed by atoms with Gasteiger partial charge in [-0.3, -0.25) is 5.10 Å². The van der Waals surface area contributed by atoms with Crippen LogP contribution in [0.1, 0.15) is 37.2 Å². The summed E-state index contributed by atoms with van der Waals surface area (Å²) in [5, 5.41) is 11.0. The fourth-order valence-electron chi connectivity index (χ4n) is 1.86. The van der Waals surface area contributed by atoms with Crippen molar-refractivity contribution in [2.45, 2.75) is 32.6 Å². The lowest BCUT2D eigenvalue weighted by molar-refractivity contribution is 0.412. The second kappa shape index (κ2) is 3.43. The Bertz CT molecular complexity index is 498. The molecule has 1 aliphatic rings. The molecule has 2 aromatic rings. The summed E-state index contributed by atoms with van der Waals surface area (Å²) in [6, 6.07) is 1.90. The molecule has 2 aromatic heterocycles. The van der Waals surface area contributed by atoms with Gasteiger partial charge in [0.05, 0.1) is 0 Å². The van der Waals surface area contributed by atoms with Crippen LogP contribution in [0.25, 0.3) is 11.6 Å². The van der Waals surface area contributed by atoms with Gasteiger partial charge in [0.1, 0.15) is 0 Å². The summed E-state index contributed by atoms with van der Waals surface area (Å²) in [5.74, 6) is 2.45. The van der Waals surface area contributed by atoms with Crippen molar-refractivity contribution in [1.29, 1.82) is 0 Å². The first-order valence-electron chi connectivity index (χ1n) is 5.60. The third-order valence-electron chi connectivity index (χ3n) is 3.10. The van der Waals surface area contributed by atoms with Crippen molar-refractivity contribution in [3.05, 3.63) is 17.6 Å². The second-order valence-corrected chi connectivity index (χ2v) is 4.52. The highest BCUT2D eigenvalue weighted by Gasteiger charge is 2.32. The van der Waals surface area contributed by atoms with E-state index in [9.17, 15) is 0 Å². The van der Waals surface area contributed by atoms with Gasteiger partial charge in [0.15, 0.2) is 11.5 Å². The van der Waals surface area contributed by atoms with Crippen LogP contribution in [0.5, 0.6) is 0 Å². The number of rotatable bonds is 3. The third kappa shape index (κ3) is 1.62. The van der Waals surface area contributed by atoms with Crippen molar-refractivity contribution in [3.8, 4) is 11.6 Å². The lowest BCUT2D eigenvalue weighted by Gasteiger charge is -2.00. The Balaban J connectivity index is 1.86. The van der Waals surface area contributed by atoms with Gasteiger partial charge in [-0.2, -0.15) is 10.1 Å². The zero-order chi connectivity index (χ0) is 11.1. The molecule has 5 heteroatoms. The summed E-state index contributed by atoms with van der Waals surface area (Å²) in [4.78, 5) is 4.39. The smallest absolute Gasteiger partial charge is 0.278 e. The normalized spacial score (nSPS) is 17.6. The molecule has 0 aromatic carbocycles. The van der Waals surface area contributed by atoms with Crippen LogP contribution in [0.3, 0.4) is 0 Å². The molecule has 0 spiro atoms. The molecule has 0 aliphatic heterocycles. The van der Waals surface area contributed by atoms with Crippen molar-refractivity contribution < 1.29 is 4.52 Å². The molecule has 0 radical (unpaired) electrons. The van der Waals surface area contributed by atoms with Gasteiger partial charge in [0.25, 0.3) is 5.89 Å². The maximum absolute atomic E-state index is 5.22. The quantitative estimate of drug-likeness (QED) is 0.858. The van der Waals surface area contributed by atoms with Crippen LogP contribution in [-0.2, 0) is 0 Å². The minimum atomic E-state index is 0.400. The summed E-state index contributed by atoms with van der Waals surface area (Å²) < 4.78 is 5.22. The van der Waals surface area contributed by atoms with E-state index in [4.69, 9.17) is 4.52 Å². The zero-order valence-electron chi connectivity index (χ0n) is 9.40. The Morgan fingerprint density at radius 1 is 1.50 bits per heavy atom. The molecule has 0 amide bonds. The van der Waals surface area contributed by atoms with Gasteiger partial charge in [-0.15, -0.1) is 0 Å². The summed E-state index contributed by atoms with van der Waals surface area (Å²) >= 11 is 0. The highest BCUT2D eigenvalue weighted by atomic mass is 16.5. The molecule has 3 rings (SSSR count). The van der Waals surface area contributed by atoms with Crippen LogP contribution in [-0.4, -0.2) is 20.3 Å². The van der Waals surface area contributed by atoms with E-state index >= 15 is 0 Å². The van der Waals surface area contributed by atoms with Crippen LogP contribution >= 0.6 is 0 Å². The van der Waals surface area contributed by atoms with Gasteiger partial charge >= 0.3 is 0 Å². The Morgan fingerprint density at radius 3 is 2.94 bits per heavy atom. The third-order valence-corrected chi connectivity index (χ3v) is 3.10. The Morgan fingerprint density at radius 2 is 2.31 bits per heavy atom. The molecule has 1 unspecified atom stereocenters. The summed E-state index contributed by atoms with van der Waals surface area (Å²) in [6.45, 7) is 4.10. The largest absolute Gasteiger partial charge is 0.332 e. The van der Waals surface area contributed by atoms with Crippen LogP contribution in [0, 0.1) is 12.8 Å². The highest BCUT2D eigenvalue weighted by molar-refractivity contribution is 5.46. The minimum Gasteiger partial charge on any atom is -0.332 e. The zero-order valence-corrected chi connectivity index (χ0v) is 9.40. The molecule has 2 heterocycles. The molecule has 1 aliphatic carbocycles. The Kier molecular flexibility index (Phi) is 2.05. The average molecular weight is 218 g/mol. The number of aryl methyl sites for hydroxylation is 1. The Labute approximate surface area is 93.3 Å². The first-order valence-corrected chi connectivity index (χ1v) is 5.60. The number of nitrogens with zero attached hydrogens (tertiary/aromatic N) is 3. The molecular formula is C11H14N4O. The number of nitrogens with one attached hydrogen (secondary N) is 1. The predicted molar refractivity (Wildman–Crippen MR) is 57.8 cm³/mol. The van der Waals surface area contributed by atoms with E-state index in [2.05, 4.69) is 27.3 Å². The first kappa shape index (κ1) is 9.57. The number of hydrogen-bond donors (Lipinski definition) is 1. The van der Waals surface area contributed by atoms with Crippen LogP contribution < -0.4 is 0 Å². The topological polar surface area (TPSA) is 67.6 Å². The van der Waals surface area contributed by atoms with E-state index in [-0.39, 0.29) is 0 Å². The van der Waals surface area contributed by atoms with Crippen molar-refractivity contribution in [2.75, 3.05) is 0 Å². The molecule has 5 nitrogen and oxygen atoms in total. The van der Waals surface area contributed by atoms with E-state index in [1.807, 2.05) is 13.0 Å². The number of aromatic nitrogens is 4. The molecule has 84 valence electrons. The van der Waals surface area contributed by atoms with Gasteiger partial charge in [-0.25, -0.2) is 0 Å². The van der Waals surface area contributed by atoms with Crippen molar-refractivity contribution in [3.63, 3.8) is 0 Å². The van der Waals surface area contributed by atoms with Crippen LogP contribution in [0.4, 0.5) is 0 Å². The fourth-order valence-corrected chi connectivity index (χ4v) is 1.86. The monoisotopic (exact) mass is 218 g/mol. The number of hydrogen-bond acceptors (Lipinski definition) is 4. The number of H-pyrrole nitrogens is 1. The maximum Gasteiger partial charge on any atom is 0.278 e. The van der Waals surface area contributed by atoms with E-state index in [0.29, 0.717) is 11.8 Å². The van der Waals surface area contributed by atoms with Gasteiger partial charge in [0.2, 0.25) is 0 Å². The van der Waals surface area contributed by atoms with Gasteiger partial charge in [-0.1, -0.05) is 12.1 Å². The SMILES string of the molecule is Cc1cc(-c2nc(C(C)C3CC3)no2)n[nH]1. The molecular weight excluding hydrogens is 204 g/mol. The minimum absolute atomic E-state index is 0.400. The van der Waals surface area contributed by atoms with Crippen molar-refractivity contribution in [2.24, 2.45) is 5.92 Å². The predicted octanol–water partition coefficient (Wildman–Crippen LogP) is 2.28. The molecule has 1 fully saturated rings. The number of aromatic amines is 1.